The Kier molecular flexibility index (Phi) is 4.59. The molecule has 19 heavy (non-hydrogen) atoms. The van der Waals surface area contributed by atoms with Crippen LogP contribution in [0.4, 0.5) is 0 Å². The molecule has 1 aliphatic heterocycles. The van der Waals surface area contributed by atoms with Crippen molar-refractivity contribution in [2.45, 2.75) is 27.3 Å². The summed E-state index contributed by atoms with van der Waals surface area (Å²) in [6.45, 7) is 10.7. The Morgan fingerprint density at radius 1 is 1.11 bits per heavy atom. The fourth-order valence-electron chi connectivity index (χ4n) is 2.44. The van der Waals surface area contributed by atoms with E-state index in [1.54, 1.807) is 0 Å². The average molecular weight is 260 g/mol. The van der Waals surface area contributed by atoms with Gasteiger partial charge in [-0.05, 0) is 12.5 Å². The van der Waals surface area contributed by atoms with E-state index in [0.29, 0.717) is 0 Å². The molecule has 0 bridgehead atoms. The molecular weight excluding hydrogens is 236 g/mol. The molecule has 1 aliphatic rings. The van der Waals surface area contributed by atoms with Crippen LogP contribution in [0.1, 0.15) is 25.0 Å². The lowest BCUT2D eigenvalue weighted by Crippen LogP contribution is -2.49. The van der Waals surface area contributed by atoms with Crippen molar-refractivity contribution in [3.63, 3.8) is 0 Å². The predicted molar refractivity (Wildman–Crippen MR) is 77.9 cm³/mol. The fraction of sp³-hybridized carbons (Fsp3) is 0.562. The number of aryl methyl sites for hydroxylation is 1. The van der Waals surface area contributed by atoms with Gasteiger partial charge in [-0.1, -0.05) is 43.7 Å². The highest BCUT2D eigenvalue weighted by molar-refractivity contribution is 5.78. The molecule has 1 aromatic carbocycles. The highest BCUT2D eigenvalue weighted by Crippen LogP contribution is 2.11. The molecule has 0 spiro atoms. The number of rotatable bonds is 3. The summed E-state index contributed by atoms with van der Waals surface area (Å²) in [6, 6.07) is 8.71. The zero-order valence-electron chi connectivity index (χ0n) is 12.2. The Morgan fingerprint density at radius 2 is 1.68 bits per heavy atom. The maximum Gasteiger partial charge on any atom is 0.225 e. The number of piperazine rings is 1. The van der Waals surface area contributed by atoms with E-state index in [9.17, 15) is 4.79 Å². The SMILES string of the molecule is Cc1ccc(CN2CCN(C(=O)C(C)C)CC2)cc1. The standard InChI is InChI=1S/C16H24N2O/c1-13(2)16(19)18-10-8-17(9-11-18)12-15-6-4-14(3)5-7-15/h4-7,13H,8-12H2,1-3H3. The van der Waals surface area contributed by atoms with Crippen molar-refractivity contribution in [3.8, 4) is 0 Å². The molecule has 3 heteroatoms. The lowest BCUT2D eigenvalue weighted by molar-refractivity contribution is -0.136. The van der Waals surface area contributed by atoms with Crippen molar-refractivity contribution >= 4 is 5.91 Å². The number of benzene rings is 1. The predicted octanol–water partition coefficient (Wildman–Crippen LogP) is 2.30. The number of carbonyl (C=O) groups is 1. The molecule has 3 nitrogen and oxygen atoms in total. The Morgan fingerprint density at radius 3 is 2.21 bits per heavy atom. The molecule has 1 heterocycles. The van der Waals surface area contributed by atoms with Crippen LogP contribution in [0.2, 0.25) is 0 Å². The maximum atomic E-state index is 11.9. The molecule has 1 saturated heterocycles. The third-order valence-electron chi connectivity index (χ3n) is 3.70. The van der Waals surface area contributed by atoms with Gasteiger partial charge in [0.1, 0.15) is 0 Å². The first-order valence-electron chi connectivity index (χ1n) is 7.13. The molecule has 1 fully saturated rings. The Hall–Kier alpha value is -1.35. The molecule has 104 valence electrons. The molecule has 0 radical (unpaired) electrons. The number of carbonyl (C=O) groups excluding carboxylic acids is 1. The highest BCUT2D eigenvalue weighted by Gasteiger charge is 2.22. The third-order valence-corrected chi connectivity index (χ3v) is 3.70. The van der Waals surface area contributed by atoms with Crippen LogP contribution in [-0.4, -0.2) is 41.9 Å². The van der Waals surface area contributed by atoms with Crippen LogP contribution >= 0.6 is 0 Å². The van der Waals surface area contributed by atoms with Gasteiger partial charge in [-0.15, -0.1) is 0 Å². The smallest absolute Gasteiger partial charge is 0.225 e. The lowest BCUT2D eigenvalue weighted by atomic mass is 10.1. The van der Waals surface area contributed by atoms with E-state index in [1.165, 1.54) is 11.1 Å². The van der Waals surface area contributed by atoms with Crippen LogP contribution in [0.5, 0.6) is 0 Å². The highest BCUT2D eigenvalue weighted by atomic mass is 16.2. The van der Waals surface area contributed by atoms with Gasteiger partial charge in [0.25, 0.3) is 0 Å². The van der Waals surface area contributed by atoms with E-state index in [-0.39, 0.29) is 11.8 Å². The van der Waals surface area contributed by atoms with Gasteiger partial charge in [-0.25, -0.2) is 0 Å². The first kappa shape index (κ1) is 14.1. The maximum absolute atomic E-state index is 11.9. The second-order valence-electron chi connectivity index (χ2n) is 5.74. The molecule has 1 aromatic rings. The normalized spacial score (nSPS) is 16.9. The monoisotopic (exact) mass is 260 g/mol. The molecule has 1 amide bonds. The molecule has 0 N–H and O–H groups in total. The summed E-state index contributed by atoms with van der Waals surface area (Å²) in [5.74, 6) is 0.402. The van der Waals surface area contributed by atoms with Crippen molar-refractivity contribution < 1.29 is 4.79 Å². The van der Waals surface area contributed by atoms with Gasteiger partial charge in [0.15, 0.2) is 0 Å². The fourth-order valence-corrected chi connectivity index (χ4v) is 2.44. The second-order valence-corrected chi connectivity index (χ2v) is 5.74. The van der Waals surface area contributed by atoms with Crippen LogP contribution in [0.15, 0.2) is 24.3 Å². The zero-order chi connectivity index (χ0) is 13.8. The van der Waals surface area contributed by atoms with E-state index < -0.39 is 0 Å². The van der Waals surface area contributed by atoms with Crippen LogP contribution < -0.4 is 0 Å². The second kappa shape index (κ2) is 6.20. The quantitative estimate of drug-likeness (QED) is 0.832. The number of nitrogens with zero attached hydrogens (tertiary/aromatic N) is 2. The van der Waals surface area contributed by atoms with Crippen molar-refractivity contribution in [2.75, 3.05) is 26.2 Å². The van der Waals surface area contributed by atoms with E-state index in [4.69, 9.17) is 0 Å². The number of hydrogen-bond donors (Lipinski definition) is 0. The molecule has 0 unspecified atom stereocenters. The summed E-state index contributed by atoms with van der Waals surface area (Å²) in [7, 11) is 0. The minimum Gasteiger partial charge on any atom is -0.340 e. The van der Waals surface area contributed by atoms with E-state index in [0.717, 1.165) is 32.7 Å². The minimum atomic E-state index is 0.114. The van der Waals surface area contributed by atoms with E-state index in [2.05, 4.69) is 36.1 Å². The van der Waals surface area contributed by atoms with Gasteiger partial charge in [-0.2, -0.15) is 0 Å². The lowest BCUT2D eigenvalue weighted by Gasteiger charge is -2.35. The van der Waals surface area contributed by atoms with Crippen molar-refractivity contribution in [1.29, 1.82) is 0 Å². The summed E-state index contributed by atoms with van der Waals surface area (Å²) < 4.78 is 0. The van der Waals surface area contributed by atoms with Crippen LogP contribution in [0.25, 0.3) is 0 Å². The zero-order valence-corrected chi connectivity index (χ0v) is 12.2. The first-order chi connectivity index (χ1) is 9.06. The largest absolute Gasteiger partial charge is 0.340 e. The van der Waals surface area contributed by atoms with Gasteiger partial charge < -0.3 is 4.90 Å². The average Bonchev–Trinajstić information content (AvgIpc) is 2.41. The summed E-state index contributed by atoms with van der Waals surface area (Å²) in [5, 5.41) is 0. The van der Waals surface area contributed by atoms with Crippen molar-refractivity contribution in [2.24, 2.45) is 5.92 Å². The third kappa shape index (κ3) is 3.80. The molecule has 0 aromatic heterocycles. The molecule has 0 saturated carbocycles. The van der Waals surface area contributed by atoms with Gasteiger partial charge in [0.2, 0.25) is 5.91 Å². The van der Waals surface area contributed by atoms with Gasteiger partial charge >= 0.3 is 0 Å². The minimum absolute atomic E-state index is 0.114. The van der Waals surface area contributed by atoms with Crippen LogP contribution in [0.3, 0.4) is 0 Å². The Balaban J connectivity index is 1.83. The molecule has 0 atom stereocenters. The van der Waals surface area contributed by atoms with E-state index in [1.807, 2.05) is 18.7 Å². The van der Waals surface area contributed by atoms with Gasteiger partial charge in [-0.3, -0.25) is 9.69 Å². The summed E-state index contributed by atoms with van der Waals surface area (Å²) in [4.78, 5) is 16.3. The van der Waals surface area contributed by atoms with Crippen molar-refractivity contribution in [1.82, 2.24) is 9.80 Å². The van der Waals surface area contributed by atoms with Crippen LogP contribution in [-0.2, 0) is 11.3 Å². The van der Waals surface area contributed by atoms with Gasteiger partial charge in [0.05, 0.1) is 0 Å². The van der Waals surface area contributed by atoms with Gasteiger partial charge in [0, 0.05) is 38.6 Å². The number of hydrogen-bond acceptors (Lipinski definition) is 2. The van der Waals surface area contributed by atoms with Crippen molar-refractivity contribution in [3.05, 3.63) is 35.4 Å². The summed E-state index contributed by atoms with van der Waals surface area (Å²) >= 11 is 0. The first-order valence-corrected chi connectivity index (χ1v) is 7.13. The molecule has 2 rings (SSSR count). The summed E-state index contributed by atoms with van der Waals surface area (Å²) in [6.07, 6.45) is 0. The Labute approximate surface area is 116 Å². The van der Waals surface area contributed by atoms with E-state index >= 15 is 0 Å². The topological polar surface area (TPSA) is 23.6 Å². The molecular formula is C16H24N2O. The Bertz CT molecular complexity index is 417. The summed E-state index contributed by atoms with van der Waals surface area (Å²) in [5.41, 5.74) is 2.66. The van der Waals surface area contributed by atoms with Crippen LogP contribution in [0, 0.1) is 12.8 Å². The number of amides is 1. The molecule has 0 aliphatic carbocycles.